The number of ether oxygens (including phenoxy) is 1. The molecule has 0 bridgehead atoms. The third-order valence-electron chi connectivity index (χ3n) is 2.17. The number of nitrogens with two attached hydrogens (primary N) is 1. The van der Waals surface area contributed by atoms with Crippen LogP contribution in [0.15, 0.2) is 36.7 Å². The van der Waals surface area contributed by atoms with Crippen LogP contribution in [0, 0.1) is 5.82 Å². The SMILES string of the molecule is CC(N)COc1cnn(-c2ccccc2F)c1. The summed E-state index contributed by atoms with van der Waals surface area (Å²) in [5.74, 6) is 0.250. The summed E-state index contributed by atoms with van der Waals surface area (Å²) in [4.78, 5) is 0. The van der Waals surface area contributed by atoms with E-state index in [-0.39, 0.29) is 11.9 Å². The van der Waals surface area contributed by atoms with Crippen molar-refractivity contribution in [3.63, 3.8) is 0 Å². The predicted octanol–water partition coefficient (Wildman–Crippen LogP) is 1.74. The number of nitrogens with zero attached hydrogens (tertiary/aromatic N) is 2. The van der Waals surface area contributed by atoms with E-state index in [4.69, 9.17) is 10.5 Å². The van der Waals surface area contributed by atoms with Gasteiger partial charge in [-0.1, -0.05) is 12.1 Å². The van der Waals surface area contributed by atoms with Crippen molar-refractivity contribution >= 4 is 0 Å². The van der Waals surface area contributed by atoms with E-state index < -0.39 is 0 Å². The highest BCUT2D eigenvalue weighted by Gasteiger charge is 2.06. The van der Waals surface area contributed by atoms with Crippen LogP contribution in [0.2, 0.25) is 0 Å². The van der Waals surface area contributed by atoms with Crippen LogP contribution in [0.3, 0.4) is 0 Å². The average Bonchev–Trinajstić information content (AvgIpc) is 2.75. The zero-order chi connectivity index (χ0) is 12.3. The lowest BCUT2D eigenvalue weighted by molar-refractivity contribution is 0.296. The Balaban J connectivity index is 2.16. The Morgan fingerprint density at radius 2 is 2.24 bits per heavy atom. The van der Waals surface area contributed by atoms with Crippen molar-refractivity contribution in [2.45, 2.75) is 13.0 Å². The molecule has 0 aliphatic carbocycles. The highest BCUT2D eigenvalue weighted by atomic mass is 19.1. The predicted molar refractivity (Wildman–Crippen MR) is 62.7 cm³/mol. The molecule has 1 unspecified atom stereocenters. The maximum absolute atomic E-state index is 13.5. The summed E-state index contributed by atoms with van der Waals surface area (Å²) in [6, 6.07) is 6.38. The minimum atomic E-state index is -0.325. The van der Waals surface area contributed by atoms with E-state index >= 15 is 0 Å². The molecule has 1 heterocycles. The van der Waals surface area contributed by atoms with Crippen molar-refractivity contribution in [2.24, 2.45) is 5.73 Å². The topological polar surface area (TPSA) is 53.1 Å². The first-order chi connectivity index (χ1) is 8.16. The van der Waals surface area contributed by atoms with Crippen molar-refractivity contribution in [2.75, 3.05) is 6.61 Å². The minimum Gasteiger partial charge on any atom is -0.489 e. The highest BCUT2D eigenvalue weighted by molar-refractivity contribution is 5.33. The van der Waals surface area contributed by atoms with Crippen molar-refractivity contribution in [3.05, 3.63) is 42.5 Å². The highest BCUT2D eigenvalue weighted by Crippen LogP contribution is 2.16. The minimum absolute atomic E-state index is 0.0492. The Labute approximate surface area is 98.8 Å². The van der Waals surface area contributed by atoms with Gasteiger partial charge in [0.2, 0.25) is 0 Å². The van der Waals surface area contributed by atoms with E-state index in [9.17, 15) is 4.39 Å². The van der Waals surface area contributed by atoms with Crippen LogP contribution in [0.25, 0.3) is 5.69 Å². The van der Waals surface area contributed by atoms with Gasteiger partial charge < -0.3 is 10.5 Å². The Kier molecular flexibility index (Phi) is 3.39. The van der Waals surface area contributed by atoms with Gasteiger partial charge in [-0.25, -0.2) is 9.07 Å². The molecule has 0 aliphatic rings. The molecule has 0 saturated heterocycles. The van der Waals surface area contributed by atoms with Gasteiger partial charge in [-0.3, -0.25) is 0 Å². The van der Waals surface area contributed by atoms with E-state index in [0.717, 1.165) is 0 Å². The number of hydrogen-bond donors (Lipinski definition) is 1. The van der Waals surface area contributed by atoms with Gasteiger partial charge in [0.05, 0.1) is 12.4 Å². The molecule has 0 spiro atoms. The van der Waals surface area contributed by atoms with Crippen molar-refractivity contribution in [3.8, 4) is 11.4 Å². The second-order valence-electron chi connectivity index (χ2n) is 3.86. The zero-order valence-corrected chi connectivity index (χ0v) is 9.51. The van der Waals surface area contributed by atoms with E-state index in [0.29, 0.717) is 18.0 Å². The maximum Gasteiger partial charge on any atom is 0.157 e. The standard InChI is InChI=1S/C12H14FN3O/c1-9(14)8-17-10-6-15-16(7-10)12-5-3-2-4-11(12)13/h2-7,9H,8,14H2,1H3. The first-order valence-corrected chi connectivity index (χ1v) is 5.35. The molecule has 2 aromatic rings. The molecule has 1 atom stereocenters. The normalized spacial score (nSPS) is 12.4. The van der Waals surface area contributed by atoms with Gasteiger partial charge in [0.15, 0.2) is 5.75 Å². The van der Waals surface area contributed by atoms with E-state index in [2.05, 4.69) is 5.10 Å². The van der Waals surface area contributed by atoms with Crippen molar-refractivity contribution in [1.29, 1.82) is 0 Å². The van der Waals surface area contributed by atoms with Crippen LogP contribution in [0.4, 0.5) is 4.39 Å². The Morgan fingerprint density at radius 3 is 2.94 bits per heavy atom. The van der Waals surface area contributed by atoms with Crippen molar-refractivity contribution < 1.29 is 9.13 Å². The largest absolute Gasteiger partial charge is 0.489 e. The molecule has 17 heavy (non-hydrogen) atoms. The van der Waals surface area contributed by atoms with Gasteiger partial charge in [-0.05, 0) is 19.1 Å². The molecule has 4 nitrogen and oxygen atoms in total. The molecule has 1 aromatic heterocycles. The molecule has 0 saturated carbocycles. The monoisotopic (exact) mass is 235 g/mol. The summed E-state index contributed by atoms with van der Waals surface area (Å²) >= 11 is 0. The molecule has 2 N–H and O–H groups in total. The fraction of sp³-hybridized carbons (Fsp3) is 0.250. The average molecular weight is 235 g/mol. The zero-order valence-electron chi connectivity index (χ0n) is 9.51. The number of halogens is 1. The maximum atomic E-state index is 13.5. The lowest BCUT2D eigenvalue weighted by Gasteiger charge is -2.05. The summed E-state index contributed by atoms with van der Waals surface area (Å²) in [5.41, 5.74) is 5.96. The fourth-order valence-corrected chi connectivity index (χ4v) is 1.38. The molecule has 0 fully saturated rings. The summed E-state index contributed by atoms with van der Waals surface area (Å²) < 4.78 is 20.3. The lowest BCUT2D eigenvalue weighted by atomic mass is 10.3. The number of para-hydroxylation sites is 1. The smallest absolute Gasteiger partial charge is 0.157 e. The third-order valence-corrected chi connectivity index (χ3v) is 2.17. The molecule has 0 aliphatic heterocycles. The Hall–Kier alpha value is -1.88. The summed E-state index contributed by atoms with van der Waals surface area (Å²) in [6.45, 7) is 2.25. The van der Waals surface area contributed by atoms with E-state index in [1.807, 2.05) is 6.92 Å². The van der Waals surface area contributed by atoms with Crippen LogP contribution < -0.4 is 10.5 Å². The fourth-order valence-electron chi connectivity index (χ4n) is 1.38. The number of benzene rings is 1. The molecule has 90 valence electrons. The molecule has 0 amide bonds. The van der Waals surface area contributed by atoms with Gasteiger partial charge in [0.1, 0.15) is 18.1 Å². The quantitative estimate of drug-likeness (QED) is 0.878. The second-order valence-corrected chi connectivity index (χ2v) is 3.86. The molecule has 2 rings (SSSR count). The number of hydrogen-bond acceptors (Lipinski definition) is 3. The van der Waals surface area contributed by atoms with Crippen LogP contribution in [0.1, 0.15) is 6.92 Å². The summed E-state index contributed by atoms with van der Waals surface area (Å²) in [6.07, 6.45) is 3.16. The first-order valence-electron chi connectivity index (χ1n) is 5.35. The van der Waals surface area contributed by atoms with Gasteiger partial charge in [-0.2, -0.15) is 5.10 Å². The Morgan fingerprint density at radius 1 is 1.47 bits per heavy atom. The molecular weight excluding hydrogens is 221 g/mol. The summed E-state index contributed by atoms with van der Waals surface area (Å²) in [5, 5.41) is 4.04. The summed E-state index contributed by atoms with van der Waals surface area (Å²) in [7, 11) is 0. The van der Waals surface area contributed by atoms with Gasteiger partial charge in [-0.15, -0.1) is 0 Å². The van der Waals surface area contributed by atoms with E-state index in [1.165, 1.54) is 16.9 Å². The van der Waals surface area contributed by atoms with Crippen molar-refractivity contribution in [1.82, 2.24) is 9.78 Å². The molecule has 1 aromatic carbocycles. The van der Waals surface area contributed by atoms with E-state index in [1.54, 1.807) is 24.4 Å². The lowest BCUT2D eigenvalue weighted by Crippen LogP contribution is -2.23. The van der Waals surface area contributed by atoms with Crippen LogP contribution in [-0.4, -0.2) is 22.4 Å². The second kappa shape index (κ2) is 4.97. The first kappa shape index (κ1) is 11.6. The van der Waals surface area contributed by atoms with Gasteiger partial charge in [0, 0.05) is 6.04 Å². The number of aromatic nitrogens is 2. The van der Waals surface area contributed by atoms with Gasteiger partial charge in [0.25, 0.3) is 0 Å². The molecule has 5 heteroatoms. The van der Waals surface area contributed by atoms with Crippen LogP contribution in [-0.2, 0) is 0 Å². The molecule has 0 radical (unpaired) electrons. The van der Waals surface area contributed by atoms with Crippen LogP contribution in [0.5, 0.6) is 5.75 Å². The van der Waals surface area contributed by atoms with Crippen LogP contribution >= 0.6 is 0 Å². The van der Waals surface area contributed by atoms with Gasteiger partial charge >= 0.3 is 0 Å². The Bertz CT molecular complexity index is 496. The third kappa shape index (κ3) is 2.82. The molecular formula is C12H14FN3O. The number of rotatable bonds is 4.